The molecule has 0 saturated carbocycles. The summed E-state index contributed by atoms with van der Waals surface area (Å²) >= 11 is 2.75. The second kappa shape index (κ2) is 9.46. The molecule has 11 heteroatoms. The summed E-state index contributed by atoms with van der Waals surface area (Å²) in [5, 5.41) is 15.8. The summed E-state index contributed by atoms with van der Waals surface area (Å²) < 4.78 is 5.10. The zero-order valence-electron chi connectivity index (χ0n) is 15.9. The van der Waals surface area contributed by atoms with Gasteiger partial charge in [0.2, 0.25) is 0 Å². The normalized spacial score (nSPS) is 10.5. The van der Waals surface area contributed by atoms with Crippen molar-refractivity contribution in [1.82, 2.24) is 9.97 Å². The molecule has 3 aromatic rings. The van der Waals surface area contributed by atoms with E-state index in [2.05, 4.69) is 15.3 Å². The van der Waals surface area contributed by atoms with Crippen LogP contribution in [0.5, 0.6) is 0 Å². The number of ether oxygens (including phenoxy) is 1. The van der Waals surface area contributed by atoms with Crippen LogP contribution in [0.25, 0.3) is 10.7 Å². The fraction of sp³-hybridized carbons (Fsp3) is 0.158. The molecule has 0 radical (unpaired) electrons. The summed E-state index contributed by atoms with van der Waals surface area (Å²) in [5.74, 6) is -0.929. The lowest BCUT2D eigenvalue weighted by Crippen LogP contribution is -2.22. The maximum Gasteiger partial charge on any atom is 0.343 e. The third-order valence-electron chi connectivity index (χ3n) is 3.90. The van der Waals surface area contributed by atoms with Gasteiger partial charge in [-0.25, -0.2) is 14.8 Å². The van der Waals surface area contributed by atoms with Crippen LogP contribution in [0.4, 0.5) is 11.4 Å². The van der Waals surface area contributed by atoms with Crippen LogP contribution >= 0.6 is 23.1 Å². The van der Waals surface area contributed by atoms with Crippen molar-refractivity contribution < 1.29 is 19.2 Å². The number of para-hydroxylation sites is 2. The Balaban J connectivity index is 1.72. The van der Waals surface area contributed by atoms with Gasteiger partial charge < -0.3 is 10.1 Å². The van der Waals surface area contributed by atoms with Gasteiger partial charge in [0.05, 0.1) is 15.5 Å². The summed E-state index contributed by atoms with van der Waals surface area (Å²) in [4.78, 5) is 44.8. The van der Waals surface area contributed by atoms with E-state index in [1.165, 1.54) is 41.3 Å². The Morgan fingerprint density at radius 2 is 2.00 bits per heavy atom. The van der Waals surface area contributed by atoms with Crippen molar-refractivity contribution in [1.29, 1.82) is 0 Å². The summed E-state index contributed by atoms with van der Waals surface area (Å²) in [6.45, 7) is 1.06. The minimum absolute atomic E-state index is 0.0215. The second-order valence-electron chi connectivity index (χ2n) is 5.89. The number of anilines is 1. The third-order valence-corrected chi connectivity index (χ3v) is 5.45. The molecule has 0 bridgehead atoms. The molecule has 2 heterocycles. The van der Waals surface area contributed by atoms with E-state index in [9.17, 15) is 19.7 Å². The van der Waals surface area contributed by atoms with Gasteiger partial charge in [-0.05, 0) is 30.7 Å². The number of nitro benzene ring substituents is 1. The lowest BCUT2D eigenvalue weighted by molar-refractivity contribution is -0.383. The Bertz CT molecular complexity index is 1100. The molecule has 154 valence electrons. The summed E-state index contributed by atoms with van der Waals surface area (Å²) in [5.41, 5.74) is 0.381. The van der Waals surface area contributed by atoms with Crippen LogP contribution in [0.15, 0.2) is 46.8 Å². The van der Waals surface area contributed by atoms with E-state index in [1.807, 2.05) is 17.5 Å². The summed E-state index contributed by atoms with van der Waals surface area (Å²) in [6, 6.07) is 9.47. The predicted octanol–water partition coefficient (Wildman–Crippen LogP) is 3.94. The molecule has 0 aliphatic heterocycles. The van der Waals surface area contributed by atoms with Gasteiger partial charge in [-0.3, -0.25) is 14.9 Å². The molecule has 0 aliphatic rings. The maximum absolute atomic E-state index is 12.6. The molecule has 1 amide bonds. The number of hydrogen-bond acceptors (Lipinski definition) is 9. The SMILES string of the molecule is CSc1nc(-c2cccs2)nc(C)c1C(=O)OCC(=O)Nc1ccccc1[N+](=O)[O-]. The zero-order chi connectivity index (χ0) is 21.7. The molecule has 3 rings (SSSR count). The van der Waals surface area contributed by atoms with Gasteiger partial charge in [-0.1, -0.05) is 18.2 Å². The highest BCUT2D eigenvalue weighted by Gasteiger charge is 2.22. The minimum atomic E-state index is -0.743. The van der Waals surface area contributed by atoms with Crippen molar-refractivity contribution in [3.63, 3.8) is 0 Å². The Hall–Kier alpha value is -3.31. The van der Waals surface area contributed by atoms with Gasteiger partial charge in [0.1, 0.15) is 16.3 Å². The van der Waals surface area contributed by atoms with E-state index in [0.29, 0.717) is 16.5 Å². The number of nitrogens with one attached hydrogen (secondary N) is 1. The molecule has 0 spiro atoms. The number of nitro groups is 1. The molecule has 30 heavy (non-hydrogen) atoms. The van der Waals surface area contributed by atoms with Crippen molar-refractivity contribution in [2.24, 2.45) is 0 Å². The largest absolute Gasteiger partial charge is 0.452 e. The molecule has 0 aliphatic carbocycles. The van der Waals surface area contributed by atoms with E-state index in [-0.39, 0.29) is 16.9 Å². The molecular formula is C19H16N4O5S2. The first-order valence-corrected chi connectivity index (χ1v) is 10.7. The van der Waals surface area contributed by atoms with Gasteiger partial charge in [0.25, 0.3) is 11.6 Å². The van der Waals surface area contributed by atoms with Gasteiger partial charge >= 0.3 is 5.97 Å². The Labute approximate surface area is 179 Å². The van der Waals surface area contributed by atoms with Crippen molar-refractivity contribution in [3.8, 4) is 10.7 Å². The Morgan fingerprint density at radius 3 is 2.67 bits per heavy atom. The topological polar surface area (TPSA) is 124 Å². The van der Waals surface area contributed by atoms with Crippen molar-refractivity contribution in [2.45, 2.75) is 11.9 Å². The van der Waals surface area contributed by atoms with E-state index in [4.69, 9.17) is 4.74 Å². The number of thioether (sulfide) groups is 1. The monoisotopic (exact) mass is 444 g/mol. The van der Waals surface area contributed by atoms with Crippen LogP contribution in [0.3, 0.4) is 0 Å². The number of hydrogen-bond donors (Lipinski definition) is 1. The van der Waals surface area contributed by atoms with E-state index in [1.54, 1.807) is 19.2 Å². The number of aryl methyl sites for hydroxylation is 1. The number of aromatic nitrogens is 2. The van der Waals surface area contributed by atoms with E-state index >= 15 is 0 Å². The second-order valence-corrected chi connectivity index (χ2v) is 7.64. The van der Waals surface area contributed by atoms with Gasteiger partial charge in [0.15, 0.2) is 12.4 Å². The predicted molar refractivity (Wildman–Crippen MR) is 114 cm³/mol. The zero-order valence-corrected chi connectivity index (χ0v) is 17.6. The molecule has 0 saturated heterocycles. The molecule has 0 unspecified atom stereocenters. The summed E-state index contributed by atoms with van der Waals surface area (Å²) in [7, 11) is 0. The first-order valence-electron chi connectivity index (χ1n) is 8.57. The van der Waals surface area contributed by atoms with E-state index in [0.717, 1.165) is 4.88 Å². The lowest BCUT2D eigenvalue weighted by atomic mass is 10.2. The van der Waals surface area contributed by atoms with Crippen LogP contribution in [0, 0.1) is 17.0 Å². The molecular weight excluding hydrogens is 428 g/mol. The van der Waals surface area contributed by atoms with Crippen molar-refractivity contribution in [3.05, 3.63) is 63.1 Å². The number of carbonyl (C=O) groups is 2. The Kier molecular flexibility index (Phi) is 6.75. The van der Waals surface area contributed by atoms with Gasteiger partial charge in [-0.2, -0.15) is 0 Å². The van der Waals surface area contributed by atoms with Gasteiger partial charge in [-0.15, -0.1) is 23.1 Å². The number of rotatable bonds is 7. The average Bonchev–Trinajstić information content (AvgIpc) is 3.26. The number of benzene rings is 1. The first-order chi connectivity index (χ1) is 14.4. The van der Waals surface area contributed by atoms with Crippen molar-refractivity contribution in [2.75, 3.05) is 18.2 Å². The third kappa shape index (κ3) is 4.81. The molecule has 0 fully saturated rings. The Morgan fingerprint density at radius 1 is 1.23 bits per heavy atom. The van der Waals surface area contributed by atoms with Crippen LogP contribution in [0.1, 0.15) is 16.1 Å². The highest BCUT2D eigenvalue weighted by atomic mass is 32.2. The number of amides is 1. The highest BCUT2D eigenvalue weighted by Crippen LogP contribution is 2.28. The number of carbonyl (C=O) groups excluding carboxylic acids is 2. The smallest absolute Gasteiger partial charge is 0.343 e. The molecule has 1 aromatic carbocycles. The van der Waals surface area contributed by atoms with Crippen LogP contribution in [-0.2, 0) is 9.53 Å². The summed E-state index contributed by atoms with van der Waals surface area (Å²) in [6.07, 6.45) is 1.78. The molecule has 1 N–H and O–H groups in total. The standard InChI is InChI=1S/C19H16N4O5S2/c1-11-16(18(29-2)22-17(20-11)14-8-5-9-30-14)19(25)28-10-15(24)21-12-6-3-4-7-13(12)23(26)27/h3-9H,10H2,1-2H3,(H,21,24). The van der Waals surface area contributed by atoms with Crippen LogP contribution in [-0.4, -0.2) is 39.6 Å². The number of nitrogens with zero attached hydrogens (tertiary/aromatic N) is 3. The molecule has 2 aromatic heterocycles. The lowest BCUT2D eigenvalue weighted by Gasteiger charge is -2.11. The fourth-order valence-electron chi connectivity index (χ4n) is 2.57. The maximum atomic E-state index is 12.6. The minimum Gasteiger partial charge on any atom is -0.452 e. The van der Waals surface area contributed by atoms with Gasteiger partial charge in [0, 0.05) is 6.07 Å². The molecule has 9 nitrogen and oxygen atoms in total. The van der Waals surface area contributed by atoms with Crippen LogP contribution < -0.4 is 5.32 Å². The van der Waals surface area contributed by atoms with Crippen LogP contribution in [0.2, 0.25) is 0 Å². The van der Waals surface area contributed by atoms with Crippen molar-refractivity contribution >= 4 is 46.3 Å². The highest BCUT2D eigenvalue weighted by molar-refractivity contribution is 7.98. The average molecular weight is 444 g/mol. The fourth-order valence-corrected chi connectivity index (χ4v) is 3.84. The molecule has 0 atom stereocenters. The van der Waals surface area contributed by atoms with E-state index < -0.39 is 23.4 Å². The first kappa shape index (κ1) is 21.4. The quantitative estimate of drug-likeness (QED) is 0.191. The number of esters is 1. The number of thiophene rings is 1.